The van der Waals surface area contributed by atoms with E-state index in [0.717, 1.165) is 25.9 Å². The minimum atomic E-state index is 0.132. The van der Waals surface area contributed by atoms with Crippen molar-refractivity contribution in [2.75, 3.05) is 24.5 Å². The third-order valence-electron chi connectivity index (χ3n) is 3.84. The largest absolute Gasteiger partial charge is 0.441 e. The molecule has 0 saturated carbocycles. The van der Waals surface area contributed by atoms with Crippen molar-refractivity contribution >= 4 is 17.5 Å². The summed E-state index contributed by atoms with van der Waals surface area (Å²) in [6.45, 7) is 4.71. The summed E-state index contributed by atoms with van der Waals surface area (Å²) in [5.74, 6) is 1.87. The number of H-pyrrole nitrogens is 1. The van der Waals surface area contributed by atoms with Gasteiger partial charge in [0, 0.05) is 13.1 Å². The van der Waals surface area contributed by atoms with Gasteiger partial charge in [-0.05, 0) is 48.5 Å². The second-order valence-corrected chi connectivity index (χ2v) is 6.00. The number of piperidine rings is 1. The molecule has 1 aliphatic heterocycles. The van der Waals surface area contributed by atoms with E-state index in [1.54, 1.807) is 12.1 Å². The lowest BCUT2D eigenvalue weighted by atomic mass is 9.82. The molecule has 0 spiro atoms. The SMILES string of the molecule is CC1(CN)CCCN(c2n[nH]c(-c3ccc(Cl)o3)n2)C1. The molecule has 0 bridgehead atoms. The van der Waals surface area contributed by atoms with Gasteiger partial charge in [0.1, 0.15) is 0 Å². The average molecular weight is 296 g/mol. The summed E-state index contributed by atoms with van der Waals surface area (Å²) in [7, 11) is 0. The molecule has 1 fully saturated rings. The number of nitrogens with one attached hydrogen (secondary N) is 1. The van der Waals surface area contributed by atoms with E-state index in [2.05, 4.69) is 27.0 Å². The smallest absolute Gasteiger partial charge is 0.245 e. The van der Waals surface area contributed by atoms with Gasteiger partial charge in [-0.3, -0.25) is 5.10 Å². The Labute approximate surface area is 122 Å². The lowest BCUT2D eigenvalue weighted by Gasteiger charge is -2.39. The molecule has 3 N–H and O–H groups in total. The van der Waals surface area contributed by atoms with Gasteiger partial charge >= 0.3 is 0 Å². The van der Waals surface area contributed by atoms with Gasteiger partial charge in [0.2, 0.25) is 5.95 Å². The summed E-state index contributed by atoms with van der Waals surface area (Å²) >= 11 is 5.77. The predicted octanol–water partition coefficient (Wildman–Crippen LogP) is 2.28. The molecule has 0 radical (unpaired) electrons. The molecule has 0 aliphatic carbocycles. The highest BCUT2D eigenvalue weighted by molar-refractivity contribution is 6.28. The molecule has 108 valence electrons. The number of aromatic nitrogens is 3. The Morgan fingerprint density at radius 3 is 3.10 bits per heavy atom. The maximum atomic E-state index is 5.87. The number of anilines is 1. The van der Waals surface area contributed by atoms with Gasteiger partial charge in [-0.1, -0.05) is 6.92 Å². The molecule has 20 heavy (non-hydrogen) atoms. The van der Waals surface area contributed by atoms with Crippen molar-refractivity contribution in [3.8, 4) is 11.6 Å². The van der Waals surface area contributed by atoms with Gasteiger partial charge in [0.05, 0.1) is 0 Å². The number of hydrogen-bond acceptors (Lipinski definition) is 5. The van der Waals surface area contributed by atoms with Crippen molar-refractivity contribution in [2.24, 2.45) is 11.1 Å². The van der Waals surface area contributed by atoms with Gasteiger partial charge in [0.25, 0.3) is 0 Å². The molecule has 1 unspecified atom stereocenters. The van der Waals surface area contributed by atoms with Crippen LogP contribution in [0.25, 0.3) is 11.6 Å². The number of aromatic amines is 1. The first kappa shape index (κ1) is 13.5. The van der Waals surface area contributed by atoms with Crippen LogP contribution in [-0.4, -0.2) is 34.8 Å². The Balaban J connectivity index is 1.80. The minimum Gasteiger partial charge on any atom is -0.441 e. The van der Waals surface area contributed by atoms with Crippen LogP contribution in [0.1, 0.15) is 19.8 Å². The molecule has 1 atom stereocenters. The first-order valence-corrected chi connectivity index (χ1v) is 7.11. The summed E-state index contributed by atoms with van der Waals surface area (Å²) in [5, 5.41) is 7.50. The second-order valence-electron chi connectivity index (χ2n) is 5.63. The molecule has 3 heterocycles. The third-order valence-corrected chi connectivity index (χ3v) is 4.04. The third kappa shape index (κ3) is 2.53. The highest BCUT2D eigenvalue weighted by atomic mass is 35.5. The second kappa shape index (κ2) is 5.10. The zero-order valence-corrected chi connectivity index (χ0v) is 12.2. The van der Waals surface area contributed by atoms with E-state index in [1.165, 1.54) is 0 Å². The molecule has 0 amide bonds. The van der Waals surface area contributed by atoms with E-state index in [4.69, 9.17) is 21.8 Å². The fourth-order valence-corrected chi connectivity index (χ4v) is 2.75. The quantitative estimate of drug-likeness (QED) is 0.907. The van der Waals surface area contributed by atoms with Gasteiger partial charge in [-0.15, -0.1) is 5.10 Å². The average Bonchev–Trinajstić information content (AvgIpc) is 3.07. The topological polar surface area (TPSA) is 84.0 Å². The first-order valence-electron chi connectivity index (χ1n) is 6.73. The Bertz CT molecular complexity index is 595. The van der Waals surface area contributed by atoms with Crippen LogP contribution in [0, 0.1) is 5.41 Å². The number of halogens is 1. The Kier molecular flexibility index (Phi) is 3.43. The number of nitrogens with zero attached hydrogens (tertiary/aromatic N) is 3. The van der Waals surface area contributed by atoms with Crippen molar-refractivity contribution in [3.05, 3.63) is 17.4 Å². The van der Waals surface area contributed by atoms with Crippen LogP contribution in [0.15, 0.2) is 16.5 Å². The molecule has 2 aromatic rings. The summed E-state index contributed by atoms with van der Waals surface area (Å²) in [6.07, 6.45) is 2.25. The predicted molar refractivity (Wildman–Crippen MR) is 77.7 cm³/mol. The van der Waals surface area contributed by atoms with Crippen LogP contribution >= 0.6 is 11.6 Å². The van der Waals surface area contributed by atoms with Crippen LogP contribution in [0.4, 0.5) is 5.95 Å². The monoisotopic (exact) mass is 295 g/mol. The Morgan fingerprint density at radius 2 is 2.40 bits per heavy atom. The zero-order chi connectivity index (χ0) is 14.2. The number of furan rings is 1. The van der Waals surface area contributed by atoms with Crippen LogP contribution in [0.5, 0.6) is 0 Å². The van der Waals surface area contributed by atoms with E-state index in [1.807, 2.05) is 0 Å². The summed E-state index contributed by atoms with van der Waals surface area (Å²) in [5.41, 5.74) is 6.00. The van der Waals surface area contributed by atoms with Gasteiger partial charge in [0.15, 0.2) is 16.8 Å². The van der Waals surface area contributed by atoms with Crippen molar-refractivity contribution in [1.29, 1.82) is 0 Å². The molecule has 7 heteroatoms. The highest BCUT2D eigenvalue weighted by Crippen LogP contribution is 2.30. The maximum absolute atomic E-state index is 5.87. The normalized spacial score (nSPS) is 23.2. The minimum absolute atomic E-state index is 0.132. The molecular weight excluding hydrogens is 278 g/mol. The Morgan fingerprint density at radius 1 is 1.55 bits per heavy atom. The van der Waals surface area contributed by atoms with E-state index in [0.29, 0.717) is 29.3 Å². The molecule has 6 nitrogen and oxygen atoms in total. The lowest BCUT2D eigenvalue weighted by molar-refractivity contribution is 0.270. The Hall–Kier alpha value is -1.53. The van der Waals surface area contributed by atoms with Crippen LogP contribution in [-0.2, 0) is 0 Å². The zero-order valence-electron chi connectivity index (χ0n) is 11.4. The van der Waals surface area contributed by atoms with Gasteiger partial charge in [-0.2, -0.15) is 4.98 Å². The number of rotatable bonds is 3. The molecular formula is C13H18ClN5O. The summed E-state index contributed by atoms with van der Waals surface area (Å²) in [6, 6.07) is 3.46. The highest BCUT2D eigenvalue weighted by Gasteiger charge is 2.31. The van der Waals surface area contributed by atoms with Gasteiger partial charge in [-0.25, -0.2) is 0 Å². The van der Waals surface area contributed by atoms with Crippen molar-refractivity contribution in [2.45, 2.75) is 19.8 Å². The van der Waals surface area contributed by atoms with Crippen LogP contribution in [0.2, 0.25) is 5.22 Å². The first-order chi connectivity index (χ1) is 9.59. The molecule has 2 aromatic heterocycles. The van der Waals surface area contributed by atoms with Crippen LogP contribution < -0.4 is 10.6 Å². The van der Waals surface area contributed by atoms with Crippen LogP contribution in [0.3, 0.4) is 0 Å². The molecule has 1 saturated heterocycles. The molecule has 0 aromatic carbocycles. The van der Waals surface area contributed by atoms with Crippen molar-refractivity contribution in [1.82, 2.24) is 15.2 Å². The summed E-state index contributed by atoms with van der Waals surface area (Å²) < 4.78 is 5.33. The fraction of sp³-hybridized carbons (Fsp3) is 0.538. The fourth-order valence-electron chi connectivity index (χ4n) is 2.60. The van der Waals surface area contributed by atoms with E-state index >= 15 is 0 Å². The summed E-state index contributed by atoms with van der Waals surface area (Å²) in [4.78, 5) is 6.65. The van der Waals surface area contributed by atoms with Crippen molar-refractivity contribution in [3.63, 3.8) is 0 Å². The number of nitrogens with two attached hydrogens (primary N) is 1. The maximum Gasteiger partial charge on any atom is 0.245 e. The molecule has 3 rings (SSSR count). The van der Waals surface area contributed by atoms with Crippen molar-refractivity contribution < 1.29 is 4.42 Å². The standard InChI is InChI=1S/C13H18ClN5O/c1-13(7-15)5-2-6-19(8-13)12-16-11(17-18-12)9-3-4-10(14)20-9/h3-4H,2,5-8,15H2,1H3,(H,16,17,18). The van der Waals surface area contributed by atoms with Gasteiger partial charge < -0.3 is 15.1 Å². The van der Waals surface area contributed by atoms with E-state index < -0.39 is 0 Å². The molecule has 1 aliphatic rings. The van der Waals surface area contributed by atoms with E-state index in [9.17, 15) is 0 Å². The number of hydrogen-bond donors (Lipinski definition) is 2. The van der Waals surface area contributed by atoms with E-state index in [-0.39, 0.29) is 5.41 Å². The lowest BCUT2D eigenvalue weighted by Crippen LogP contribution is -2.46.